The van der Waals surface area contributed by atoms with Crippen LogP contribution in [0.5, 0.6) is 0 Å². The van der Waals surface area contributed by atoms with Crippen molar-refractivity contribution in [1.29, 1.82) is 0 Å². The Labute approximate surface area is 130 Å². The van der Waals surface area contributed by atoms with E-state index in [-0.39, 0.29) is 18.5 Å². The second kappa shape index (κ2) is 6.57. The number of hydrogen-bond donors (Lipinski definition) is 0. The molecule has 3 rings (SSSR count). The maximum absolute atomic E-state index is 5.84. The monoisotopic (exact) mass is 309 g/mol. The Kier molecular flexibility index (Phi) is 4.74. The van der Waals surface area contributed by atoms with Crippen LogP contribution in [0, 0.1) is 0 Å². The van der Waals surface area contributed by atoms with Crippen LogP contribution in [-0.2, 0) is 14.2 Å². The van der Waals surface area contributed by atoms with Gasteiger partial charge in [-0.2, -0.15) is 0 Å². The summed E-state index contributed by atoms with van der Waals surface area (Å²) < 4.78 is 17.3. The number of rotatable bonds is 3. The molecule has 0 spiro atoms. The fourth-order valence-electron chi connectivity index (χ4n) is 3.05. The number of hydrogen-bond acceptors (Lipinski definition) is 5. The van der Waals surface area contributed by atoms with Gasteiger partial charge in [0.05, 0.1) is 25.4 Å². The average Bonchev–Trinajstić information content (AvgIpc) is 2.99. The van der Waals surface area contributed by atoms with Crippen molar-refractivity contribution in [2.24, 2.45) is 0 Å². The van der Waals surface area contributed by atoms with Crippen LogP contribution < -0.4 is 4.90 Å². The van der Waals surface area contributed by atoms with Crippen molar-refractivity contribution < 1.29 is 14.2 Å². The topological polar surface area (TPSA) is 30.9 Å². The van der Waals surface area contributed by atoms with Crippen LogP contribution in [0.3, 0.4) is 0 Å². The molecule has 2 aliphatic heterocycles. The Morgan fingerprint density at radius 3 is 2.38 bits per heavy atom. The molecule has 0 aromatic heterocycles. The fraction of sp³-hybridized carbons (Fsp3) is 0.625. The van der Waals surface area contributed by atoms with Gasteiger partial charge in [0.2, 0.25) is 0 Å². The van der Waals surface area contributed by atoms with Crippen molar-refractivity contribution in [2.75, 3.05) is 37.5 Å². The first kappa shape index (κ1) is 15.2. The SMILES string of the molecule is CSc1ccc(N2CC(C)OC(C)C2)c(C2OCCO2)c1. The Morgan fingerprint density at radius 2 is 1.76 bits per heavy atom. The van der Waals surface area contributed by atoms with Crippen LogP contribution in [0.25, 0.3) is 0 Å². The summed E-state index contributed by atoms with van der Waals surface area (Å²) in [6.45, 7) is 7.40. The van der Waals surface area contributed by atoms with E-state index in [1.807, 2.05) is 0 Å². The van der Waals surface area contributed by atoms with Gasteiger partial charge in [0.25, 0.3) is 0 Å². The van der Waals surface area contributed by atoms with Gasteiger partial charge in [0.1, 0.15) is 0 Å². The summed E-state index contributed by atoms with van der Waals surface area (Å²) in [6, 6.07) is 6.56. The predicted molar refractivity (Wildman–Crippen MR) is 85.1 cm³/mol. The molecule has 116 valence electrons. The number of nitrogens with zero attached hydrogens (tertiary/aromatic N) is 1. The van der Waals surface area contributed by atoms with E-state index >= 15 is 0 Å². The molecule has 0 radical (unpaired) electrons. The molecule has 2 aliphatic rings. The van der Waals surface area contributed by atoms with Gasteiger partial charge in [-0.1, -0.05) is 0 Å². The molecule has 0 saturated carbocycles. The van der Waals surface area contributed by atoms with E-state index < -0.39 is 0 Å². The first-order valence-corrected chi connectivity index (χ1v) is 8.71. The van der Waals surface area contributed by atoms with Crippen LogP contribution in [0.4, 0.5) is 5.69 Å². The highest BCUT2D eigenvalue weighted by Crippen LogP contribution is 2.35. The molecule has 2 fully saturated rings. The third-order valence-corrected chi connectivity index (χ3v) is 4.60. The minimum atomic E-state index is -0.236. The van der Waals surface area contributed by atoms with Crippen molar-refractivity contribution in [2.45, 2.75) is 37.2 Å². The van der Waals surface area contributed by atoms with E-state index in [0.29, 0.717) is 13.2 Å². The number of ether oxygens (including phenoxy) is 3. The molecule has 2 saturated heterocycles. The van der Waals surface area contributed by atoms with E-state index in [4.69, 9.17) is 14.2 Å². The molecule has 2 atom stereocenters. The van der Waals surface area contributed by atoms with Gasteiger partial charge in [-0.25, -0.2) is 0 Å². The second-order valence-electron chi connectivity index (χ2n) is 5.66. The highest BCUT2D eigenvalue weighted by molar-refractivity contribution is 7.98. The van der Waals surface area contributed by atoms with Crippen LogP contribution >= 0.6 is 11.8 Å². The summed E-state index contributed by atoms with van der Waals surface area (Å²) in [5.41, 5.74) is 2.35. The van der Waals surface area contributed by atoms with Crippen molar-refractivity contribution in [1.82, 2.24) is 0 Å². The summed E-state index contributed by atoms with van der Waals surface area (Å²) in [4.78, 5) is 3.63. The lowest BCUT2D eigenvalue weighted by molar-refractivity contribution is -0.0445. The van der Waals surface area contributed by atoms with Crippen LogP contribution in [0.15, 0.2) is 23.1 Å². The van der Waals surface area contributed by atoms with Gasteiger partial charge in [0, 0.05) is 29.2 Å². The maximum atomic E-state index is 5.84. The van der Waals surface area contributed by atoms with E-state index in [9.17, 15) is 0 Å². The summed E-state index contributed by atoms with van der Waals surface area (Å²) in [7, 11) is 0. The number of thioether (sulfide) groups is 1. The average molecular weight is 309 g/mol. The van der Waals surface area contributed by atoms with Gasteiger partial charge in [-0.05, 0) is 38.3 Å². The highest BCUT2D eigenvalue weighted by atomic mass is 32.2. The van der Waals surface area contributed by atoms with Crippen LogP contribution in [0.1, 0.15) is 25.7 Å². The van der Waals surface area contributed by atoms with E-state index in [2.05, 4.69) is 43.2 Å². The van der Waals surface area contributed by atoms with Gasteiger partial charge < -0.3 is 19.1 Å². The minimum absolute atomic E-state index is 0.236. The third-order valence-electron chi connectivity index (χ3n) is 3.87. The summed E-state index contributed by atoms with van der Waals surface area (Å²) in [6.07, 6.45) is 2.34. The first-order valence-electron chi connectivity index (χ1n) is 7.49. The molecule has 21 heavy (non-hydrogen) atoms. The first-order chi connectivity index (χ1) is 10.2. The largest absolute Gasteiger partial charge is 0.372 e. The van der Waals surface area contributed by atoms with Gasteiger partial charge >= 0.3 is 0 Å². The fourth-order valence-corrected chi connectivity index (χ4v) is 3.50. The van der Waals surface area contributed by atoms with E-state index in [0.717, 1.165) is 18.7 Å². The quantitative estimate of drug-likeness (QED) is 0.801. The lowest BCUT2D eigenvalue weighted by Gasteiger charge is -2.38. The zero-order valence-corrected chi connectivity index (χ0v) is 13.7. The van der Waals surface area contributed by atoms with E-state index in [1.54, 1.807) is 11.8 Å². The normalized spacial score (nSPS) is 27.3. The summed E-state index contributed by atoms with van der Waals surface area (Å²) in [5, 5.41) is 0. The molecule has 0 bridgehead atoms. The molecule has 1 aromatic rings. The molecule has 0 amide bonds. The molecule has 0 N–H and O–H groups in total. The van der Waals surface area contributed by atoms with Gasteiger partial charge in [-0.15, -0.1) is 11.8 Å². The standard InChI is InChI=1S/C16H23NO3S/c1-11-9-17(10-12(2)20-11)15-5-4-13(21-3)8-14(15)16-18-6-7-19-16/h4-5,8,11-12,16H,6-7,9-10H2,1-3H3. The number of anilines is 1. The zero-order valence-electron chi connectivity index (χ0n) is 12.9. The molecule has 5 heteroatoms. The van der Waals surface area contributed by atoms with Crippen molar-refractivity contribution in [3.63, 3.8) is 0 Å². The molecule has 0 aliphatic carbocycles. The summed E-state index contributed by atoms with van der Waals surface area (Å²) in [5.74, 6) is 0. The molecular weight excluding hydrogens is 286 g/mol. The van der Waals surface area contributed by atoms with Crippen molar-refractivity contribution in [3.05, 3.63) is 23.8 Å². The van der Waals surface area contributed by atoms with Gasteiger partial charge in [-0.3, -0.25) is 0 Å². The molecule has 2 unspecified atom stereocenters. The number of morpholine rings is 1. The molecule has 4 nitrogen and oxygen atoms in total. The Bertz CT molecular complexity index is 480. The van der Waals surface area contributed by atoms with Crippen molar-refractivity contribution in [3.8, 4) is 0 Å². The van der Waals surface area contributed by atoms with Crippen molar-refractivity contribution >= 4 is 17.4 Å². The van der Waals surface area contributed by atoms with Gasteiger partial charge in [0.15, 0.2) is 6.29 Å². The van der Waals surface area contributed by atoms with Crippen LogP contribution in [0.2, 0.25) is 0 Å². The highest BCUT2D eigenvalue weighted by Gasteiger charge is 2.28. The Hall–Kier alpha value is -0.750. The lowest BCUT2D eigenvalue weighted by Crippen LogP contribution is -2.46. The molecule has 2 heterocycles. The third kappa shape index (κ3) is 3.37. The Balaban J connectivity index is 1.92. The molecular formula is C16H23NO3S. The Morgan fingerprint density at radius 1 is 1.10 bits per heavy atom. The van der Waals surface area contributed by atoms with Crippen LogP contribution in [-0.4, -0.2) is 44.8 Å². The predicted octanol–water partition coefficient (Wildman–Crippen LogP) is 3.07. The maximum Gasteiger partial charge on any atom is 0.186 e. The smallest absolute Gasteiger partial charge is 0.186 e. The van der Waals surface area contributed by atoms with E-state index in [1.165, 1.54) is 10.6 Å². The zero-order chi connectivity index (χ0) is 14.8. The minimum Gasteiger partial charge on any atom is -0.372 e. The lowest BCUT2D eigenvalue weighted by atomic mass is 10.1. The summed E-state index contributed by atoms with van der Waals surface area (Å²) >= 11 is 1.74. The molecule has 1 aromatic carbocycles. The number of benzene rings is 1. The second-order valence-corrected chi connectivity index (χ2v) is 6.54.